The molecule has 0 saturated heterocycles. The van der Waals surface area contributed by atoms with Gasteiger partial charge in [-0.05, 0) is 30.6 Å². The van der Waals surface area contributed by atoms with Gasteiger partial charge >= 0.3 is 0 Å². The minimum Gasteiger partial charge on any atom is -0.340 e. The Balaban J connectivity index is 2.26. The Bertz CT molecular complexity index is 670. The molecule has 0 aliphatic heterocycles. The van der Waals surface area contributed by atoms with E-state index in [4.69, 9.17) is 0 Å². The highest BCUT2D eigenvalue weighted by molar-refractivity contribution is 7.12. The van der Waals surface area contributed by atoms with E-state index in [9.17, 15) is 9.59 Å². The predicted octanol–water partition coefficient (Wildman–Crippen LogP) is 2.32. The lowest BCUT2D eigenvalue weighted by molar-refractivity contribution is 0.0797. The summed E-state index contributed by atoms with van der Waals surface area (Å²) in [6.07, 6.45) is 0. The van der Waals surface area contributed by atoms with Gasteiger partial charge in [0, 0.05) is 27.2 Å². The Morgan fingerprint density at radius 1 is 1.09 bits per heavy atom. The Labute approximate surface area is 140 Å². The molecule has 0 saturated carbocycles. The smallest absolute Gasteiger partial charge is 0.268 e. The van der Waals surface area contributed by atoms with Gasteiger partial charge < -0.3 is 15.1 Å². The summed E-state index contributed by atoms with van der Waals surface area (Å²) in [7, 11) is 5.30. The first-order valence-electron chi connectivity index (χ1n) is 7.37. The van der Waals surface area contributed by atoms with Crippen LogP contribution in [0.5, 0.6) is 0 Å². The van der Waals surface area contributed by atoms with Crippen LogP contribution in [-0.4, -0.2) is 50.9 Å². The Morgan fingerprint density at radius 3 is 2.48 bits per heavy atom. The van der Waals surface area contributed by atoms with E-state index in [0.29, 0.717) is 29.2 Å². The first-order valence-corrected chi connectivity index (χ1v) is 8.25. The second kappa shape index (κ2) is 7.89. The van der Waals surface area contributed by atoms with Crippen LogP contribution in [0.2, 0.25) is 0 Å². The van der Waals surface area contributed by atoms with E-state index in [0.717, 1.165) is 0 Å². The predicted molar refractivity (Wildman–Crippen MR) is 94.4 cm³/mol. The van der Waals surface area contributed by atoms with Gasteiger partial charge in [-0.1, -0.05) is 18.2 Å². The van der Waals surface area contributed by atoms with Gasteiger partial charge in [0.15, 0.2) is 0 Å². The van der Waals surface area contributed by atoms with Crippen molar-refractivity contribution >= 4 is 28.8 Å². The summed E-state index contributed by atoms with van der Waals surface area (Å²) < 4.78 is 0. The summed E-state index contributed by atoms with van der Waals surface area (Å²) in [4.78, 5) is 29.0. The van der Waals surface area contributed by atoms with Gasteiger partial charge in [0.2, 0.25) is 0 Å². The van der Waals surface area contributed by atoms with Crippen LogP contribution in [0.1, 0.15) is 20.0 Å². The van der Waals surface area contributed by atoms with Crippen molar-refractivity contribution < 1.29 is 9.59 Å². The van der Waals surface area contributed by atoms with Crippen LogP contribution in [0.3, 0.4) is 0 Å². The van der Waals surface area contributed by atoms with E-state index < -0.39 is 0 Å². The summed E-state index contributed by atoms with van der Waals surface area (Å²) in [6, 6.07) is 10.8. The summed E-state index contributed by atoms with van der Waals surface area (Å²) in [5, 5.41) is 4.89. The zero-order chi connectivity index (χ0) is 16.8. The van der Waals surface area contributed by atoms with Crippen LogP contribution in [0.4, 0.5) is 5.69 Å². The molecule has 0 aliphatic rings. The molecule has 0 bridgehead atoms. The molecule has 1 aromatic carbocycles. The van der Waals surface area contributed by atoms with Crippen molar-refractivity contribution in [3.8, 4) is 0 Å². The highest BCUT2D eigenvalue weighted by Crippen LogP contribution is 2.23. The van der Waals surface area contributed by atoms with E-state index in [2.05, 4.69) is 5.32 Å². The molecule has 23 heavy (non-hydrogen) atoms. The number of benzene rings is 1. The lowest BCUT2D eigenvalue weighted by Crippen LogP contribution is -2.34. The molecule has 2 aromatic rings. The average Bonchev–Trinajstić information content (AvgIpc) is 3.12. The highest BCUT2D eigenvalue weighted by Gasteiger charge is 2.21. The topological polar surface area (TPSA) is 52.7 Å². The van der Waals surface area contributed by atoms with Crippen molar-refractivity contribution in [1.29, 1.82) is 0 Å². The van der Waals surface area contributed by atoms with E-state index in [-0.39, 0.29) is 11.8 Å². The molecule has 0 spiro atoms. The van der Waals surface area contributed by atoms with Crippen molar-refractivity contribution in [1.82, 2.24) is 10.2 Å². The molecule has 1 N–H and O–H groups in total. The Morgan fingerprint density at radius 2 is 1.83 bits per heavy atom. The van der Waals surface area contributed by atoms with E-state index in [1.165, 1.54) is 16.2 Å². The first-order chi connectivity index (χ1) is 11.1. The fraction of sp³-hybridized carbons (Fsp3) is 0.294. The number of rotatable bonds is 6. The molecule has 6 heteroatoms. The molecular formula is C17H21N3O2S. The number of anilines is 1. The summed E-state index contributed by atoms with van der Waals surface area (Å²) in [5.41, 5.74) is 1.14. The number of hydrogen-bond acceptors (Lipinski definition) is 4. The maximum Gasteiger partial charge on any atom is 0.268 e. The third kappa shape index (κ3) is 3.97. The van der Waals surface area contributed by atoms with Gasteiger partial charge in [-0.25, -0.2) is 0 Å². The molecule has 0 atom stereocenters. The quantitative estimate of drug-likeness (QED) is 0.884. The SMILES string of the molecule is CNCCN(C)C(=O)c1ccccc1N(C)C(=O)c1cccs1. The lowest BCUT2D eigenvalue weighted by Gasteiger charge is -2.23. The normalized spacial score (nSPS) is 10.4. The molecule has 0 unspecified atom stereocenters. The minimum absolute atomic E-state index is 0.0957. The number of para-hydroxylation sites is 1. The third-order valence-corrected chi connectivity index (χ3v) is 4.43. The number of carbonyl (C=O) groups is 2. The zero-order valence-electron chi connectivity index (χ0n) is 13.6. The fourth-order valence-electron chi connectivity index (χ4n) is 2.21. The van der Waals surface area contributed by atoms with Crippen molar-refractivity contribution in [2.45, 2.75) is 0 Å². The zero-order valence-corrected chi connectivity index (χ0v) is 14.4. The monoisotopic (exact) mass is 331 g/mol. The van der Waals surface area contributed by atoms with Gasteiger partial charge in [-0.2, -0.15) is 0 Å². The molecule has 2 amide bonds. The van der Waals surface area contributed by atoms with Crippen LogP contribution in [0, 0.1) is 0 Å². The van der Waals surface area contributed by atoms with Crippen LogP contribution < -0.4 is 10.2 Å². The molecule has 5 nitrogen and oxygen atoms in total. The van der Waals surface area contributed by atoms with Gasteiger partial charge in [-0.3, -0.25) is 9.59 Å². The molecule has 122 valence electrons. The van der Waals surface area contributed by atoms with Gasteiger partial charge in [0.25, 0.3) is 11.8 Å². The number of hydrogen-bond donors (Lipinski definition) is 1. The van der Waals surface area contributed by atoms with Gasteiger partial charge in [-0.15, -0.1) is 11.3 Å². The largest absolute Gasteiger partial charge is 0.340 e. The van der Waals surface area contributed by atoms with Crippen molar-refractivity contribution in [2.75, 3.05) is 39.1 Å². The number of nitrogens with zero attached hydrogens (tertiary/aromatic N) is 2. The first kappa shape index (κ1) is 17.2. The Kier molecular flexibility index (Phi) is 5.90. The second-order valence-electron chi connectivity index (χ2n) is 5.19. The number of carbonyl (C=O) groups excluding carboxylic acids is 2. The standard InChI is InChI=1S/C17H21N3O2S/c1-18-10-11-19(2)16(21)13-7-4-5-8-14(13)20(3)17(22)15-9-6-12-23-15/h4-9,12,18H,10-11H2,1-3H3. The van der Waals surface area contributed by atoms with Crippen LogP contribution in [0.25, 0.3) is 0 Å². The van der Waals surface area contributed by atoms with Crippen molar-refractivity contribution in [2.24, 2.45) is 0 Å². The molecule has 0 fully saturated rings. The maximum atomic E-state index is 12.6. The highest BCUT2D eigenvalue weighted by atomic mass is 32.1. The maximum absolute atomic E-state index is 12.6. The summed E-state index contributed by atoms with van der Waals surface area (Å²) in [6.45, 7) is 1.32. The molecule has 0 radical (unpaired) electrons. The van der Waals surface area contributed by atoms with E-state index >= 15 is 0 Å². The van der Waals surface area contributed by atoms with Crippen LogP contribution >= 0.6 is 11.3 Å². The lowest BCUT2D eigenvalue weighted by atomic mass is 10.1. The summed E-state index contributed by atoms with van der Waals surface area (Å²) >= 11 is 1.39. The molecule has 1 aromatic heterocycles. The van der Waals surface area contributed by atoms with Crippen molar-refractivity contribution in [3.05, 3.63) is 52.2 Å². The summed E-state index contributed by atoms with van der Waals surface area (Å²) in [5.74, 6) is -0.209. The van der Waals surface area contributed by atoms with Crippen LogP contribution in [-0.2, 0) is 0 Å². The molecule has 2 rings (SSSR count). The van der Waals surface area contributed by atoms with E-state index in [1.807, 2.05) is 30.6 Å². The Hall–Kier alpha value is -2.18. The average molecular weight is 331 g/mol. The van der Waals surface area contributed by atoms with Crippen LogP contribution in [0.15, 0.2) is 41.8 Å². The second-order valence-corrected chi connectivity index (χ2v) is 6.14. The van der Waals surface area contributed by atoms with Gasteiger partial charge in [0.1, 0.15) is 0 Å². The number of likely N-dealkylation sites (N-methyl/N-ethyl adjacent to an activating group) is 2. The third-order valence-electron chi connectivity index (χ3n) is 3.58. The molecule has 0 aliphatic carbocycles. The fourth-order valence-corrected chi connectivity index (χ4v) is 2.91. The van der Waals surface area contributed by atoms with Gasteiger partial charge in [0.05, 0.1) is 16.1 Å². The number of amides is 2. The number of thiophene rings is 1. The molecular weight excluding hydrogens is 310 g/mol. The minimum atomic E-state index is -0.113. The van der Waals surface area contributed by atoms with E-state index in [1.54, 1.807) is 37.2 Å². The molecule has 1 heterocycles. The number of nitrogens with one attached hydrogen (secondary N) is 1. The van der Waals surface area contributed by atoms with Crippen molar-refractivity contribution in [3.63, 3.8) is 0 Å².